The first-order valence-electron chi connectivity index (χ1n) is 8.21. The molecular weight excluding hydrogens is 340 g/mol. The zero-order valence-electron chi connectivity index (χ0n) is 14.9. The van der Waals surface area contributed by atoms with E-state index in [1.165, 1.54) is 6.21 Å². The third kappa shape index (κ3) is 5.06. The lowest BCUT2D eigenvalue weighted by molar-refractivity contribution is 0.0955. The van der Waals surface area contributed by atoms with Crippen LogP contribution in [0.2, 0.25) is 5.15 Å². The van der Waals surface area contributed by atoms with E-state index in [2.05, 4.69) is 29.5 Å². The molecule has 1 aromatic heterocycles. The van der Waals surface area contributed by atoms with Crippen molar-refractivity contribution in [2.45, 2.75) is 34.2 Å². The molecule has 0 radical (unpaired) electrons. The summed E-state index contributed by atoms with van der Waals surface area (Å²) in [5.74, 6) is 0.853. The highest BCUT2D eigenvalue weighted by Gasteiger charge is 2.12. The summed E-state index contributed by atoms with van der Waals surface area (Å²) in [6.07, 6.45) is 1.52. The first kappa shape index (κ1) is 19.0. The average Bonchev–Trinajstić information content (AvgIpc) is 2.82. The second kappa shape index (κ2) is 8.67. The quantitative estimate of drug-likeness (QED) is 0.603. The number of rotatable bonds is 7. The van der Waals surface area contributed by atoms with Gasteiger partial charge in [0.15, 0.2) is 0 Å². The van der Waals surface area contributed by atoms with Crippen LogP contribution in [0.25, 0.3) is 0 Å². The third-order valence-electron chi connectivity index (χ3n) is 3.43. The summed E-state index contributed by atoms with van der Waals surface area (Å²) >= 11 is 6.34. The molecule has 1 aromatic carbocycles. The molecule has 0 atom stereocenters. The Balaban J connectivity index is 2.03. The van der Waals surface area contributed by atoms with Crippen LogP contribution in [0.15, 0.2) is 29.4 Å². The topological polar surface area (TPSA) is 68.5 Å². The van der Waals surface area contributed by atoms with Gasteiger partial charge in [0.05, 0.1) is 24.1 Å². The Labute approximate surface area is 152 Å². The molecule has 2 rings (SSSR count). The highest BCUT2D eigenvalue weighted by atomic mass is 35.5. The zero-order valence-corrected chi connectivity index (χ0v) is 15.7. The third-order valence-corrected chi connectivity index (χ3v) is 3.83. The van der Waals surface area contributed by atoms with Crippen molar-refractivity contribution in [1.29, 1.82) is 0 Å². The van der Waals surface area contributed by atoms with E-state index < -0.39 is 0 Å². The Morgan fingerprint density at radius 2 is 2.08 bits per heavy atom. The van der Waals surface area contributed by atoms with Gasteiger partial charge in [-0.05, 0) is 44.0 Å². The van der Waals surface area contributed by atoms with Crippen LogP contribution in [-0.2, 0) is 6.54 Å². The molecule has 0 saturated carbocycles. The Morgan fingerprint density at radius 1 is 1.40 bits per heavy atom. The minimum atomic E-state index is -0.303. The molecule has 0 bridgehead atoms. The predicted octanol–water partition coefficient (Wildman–Crippen LogP) is 3.66. The summed E-state index contributed by atoms with van der Waals surface area (Å²) in [6, 6.07) is 6.88. The van der Waals surface area contributed by atoms with Crippen molar-refractivity contribution in [3.05, 3.63) is 46.2 Å². The number of ether oxygens (including phenoxy) is 1. The maximum absolute atomic E-state index is 12.1. The summed E-state index contributed by atoms with van der Waals surface area (Å²) < 4.78 is 7.10. The van der Waals surface area contributed by atoms with Gasteiger partial charge < -0.3 is 4.74 Å². The Morgan fingerprint density at radius 3 is 2.68 bits per heavy atom. The minimum absolute atomic E-state index is 0.303. The summed E-state index contributed by atoms with van der Waals surface area (Å²) in [7, 11) is 0. The van der Waals surface area contributed by atoms with Crippen molar-refractivity contribution < 1.29 is 9.53 Å². The second-order valence-electron chi connectivity index (χ2n) is 6.02. The van der Waals surface area contributed by atoms with Gasteiger partial charge in [0.2, 0.25) is 0 Å². The van der Waals surface area contributed by atoms with Crippen LogP contribution in [-0.4, -0.2) is 28.5 Å². The van der Waals surface area contributed by atoms with Gasteiger partial charge in [0.1, 0.15) is 10.9 Å². The fraction of sp³-hybridized carbons (Fsp3) is 0.389. The van der Waals surface area contributed by atoms with Crippen molar-refractivity contribution in [1.82, 2.24) is 15.2 Å². The van der Waals surface area contributed by atoms with Crippen LogP contribution in [0.4, 0.5) is 0 Å². The maximum atomic E-state index is 12.1. The van der Waals surface area contributed by atoms with Gasteiger partial charge in [-0.15, -0.1) is 0 Å². The van der Waals surface area contributed by atoms with Crippen LogP contribution < -0.4 is 10.2 Å². The normalized spacial score (nSPS) is 11.3. The van der Waals surface area contributed by atoms with Gasteiger partial charge in [-0.25, -0.2) is 5.43 Å². The monoisotopic (exact) mass is 362 g/mol. The van der Waals surface area contributed by atoms with E-state index in [9.17, 15) is 4.79 Å². The van der Waals surface area contributed by atoms with E-state index in [0.717, 1.165) is 18.0 Å². The fourth-order valence-electron chi connectivity index (χ4n) is 2.27. The number of hydrazone groups is 1. The minimum Gasteiger partial charge on any atom is -0.494 e. The standard InChI is InChI=1S/C18H23ClN4O2/c1-5-25-15-8-6-14(7-9-15)18(24)21-20-10-16-13(4)22-23(17(16)19)11-12(2)3/h6-10,12H,5,11H2,1-4H3,(H,21,24)/b20-10-. The van der Waals surface area contributed by atoms with Crippen molar-refractivity contribution in [2.75, 3.05) is 6.61 Å². The Kier molecular flexibility index (Phi) is 6.58. The van der Waals surface area contributed by atoms with E-state index in [4.69, 9.17) is 16.3 Å². The predicted molar refractivity (Wildman–Crippen MR) is 99.5 cm³/mol. The van der Waals surface area contributed by atoms with Crippen molar-refractivity contribution in [3.63, 3.8) is 0 Å². The molecule has 0 spiro atoms. The summed E-state index contributed by atoms with van der Waals surface area (Å²) in [4.78, 5) is 12.1. The number of benzene rings is 1. The number of nitrogens with one attached hydrogen (secondary N) is 1. The Hall–Kier alpha value is -2.34. The van der Waals surface area contributed by atoms with Gasteiger partial charge in [-0.3, -0.25) is 9.48 Å². The molecule has 0 saturated heterocycles. The molecule has 1 heterocycles. The number of carbonyl (C=O) groups is 1. The smallest absolute Gasteiger partial charge is 0.271 e. The van der Waals surface area contributed by atoms with Gasteiger partial charge in [-0.2, -0.15) is 10.2 Å². The highest BCUT2D eigenvalue weighted by Crippen LogP contribution is 2.19. The van der Waals surface area contributed by atoms with Crippen molar-refractivity contribution in [3.8, 4) is 5.75 Å². The molecule has 1 amide bonds. The van der Waals surface area contributed by atoms with Crippen LogP contribution in [0.1, 0.15) is 42.4 Å². The van der Waals surface area contributed by atoms with E-state index >= 15 is 0 Å². The molecule has 2 aromatic rings. The second-order valence-corrected chi connectivity index (χ2v) is 6.38. The lowest BCUT2D eigenvalue weighted by Gasteiger charge is -2.05. The number of aromatic nitrogens is 2. The zero-order chi connectivity index (χ0) is 18.4. The molecule has 0 aliphatic rings. The Bertz CT molecular complexity index is 751. The summed E-state index contributed by atoms with van der Waals surface area (Å²) in [6.45, 7) is 9.27. The molecule has 0 unspecified atom stereocenters. The number of halogens is 1. The van der Waals surface area contributed by atoms with Crippen LogP contribution in [0.5, 0.6) is 5.75 Å². The molecular formula is C18H23ClN4O2. The molecule has 134 valence electrons. The first-order chi connectivity index (χ1) is 11.9. The number of aryl methyl sites for hydroxylation is 1. The molecule has 1 N–H and O–H groups in total. The average molecular weight is 363 g/mol. The van der Waals surface area contributed by atoms with Crippen LogP contribution >= 0.6 is 11.6 Å². The lowest BCUT2D eigenvalue weighted by Crippen LogP contribution is -2.17. The largest absolute Gasteiger partial charge is 0.494 e. The van der Waals surface area contributed by atoms with E-state index in [-0.39, 0.29) is 5.91 Å². The molecule has 7 heteroatoms. The van der Waals surface area contributed by atoms with Gasteiger partial charge in [0, 0.05) is 12.1 Å². The van der Waals surface area contributed by atoms with Gasteiger partial charge >= 0.3 is 0 Å². The molecule has 0 aliphatic carbocycles. The van der Waals surface area contributed by atoms with E-state index in [1.807, 2.05) is 13.8 Å². The van der Waals surface area contributed by atoms with E-state index in [1.54, 1.807) is 28.9 Å². The highest BCUT2D eigenvalue weighted by molar-refractivity contribution is 6.32. The summed E-state index contributed by atoms with van der Waals surface area (Å²) in [5, 5.41) is 8.92. The number of hydrogen-bond donors (Lipinski definition) is 1. The van der Waals surface area contributed by atoms with Crippen LogP contribution in [0, 0.1) is 12.8 Å². The number of amides is 1. The number of carbonyl (C=O) groups excluding carboxylic acids is 1. The number of nitrogens with zero attached hydrogens (tertiary/aromatic N) is 3. The van der Waals surface area contributed by atoms with Gasteiger partial charge in [-0.1, -0.05) is 25.4 Å². The lowest BCUT2D eigenvalue weighted by atomic mass is 10.2. The van der Waals surface area contributed by atoms with Gasteiger partial charge in [0.25, 0.3) is 5.91 Å². The maximum Gasteiger partial charge on any atom is 0.271 e. The fourth-order valence-corrected chi connectivity index (χ4v) is 2.56. The SMILES string of the molecule is CCOc1ccc(C(=O)N/N=C\c2c(C)nn(CC(C)C)c2Cl)cc1. The van der Waals surface area contributed by atoms with Crippen molar-refractivity contribution >= 4 is 23.7 Å². The summed E-state index contributed by atoms with van der Waals surface area (Å²) in [5.41, 5.74) is 4.47. The van der Waals surface area contributed by atoms with E-state index in [0.29, 0.717) is 28.8 Å². The molecule has 0 fully saturated rings. The first-order valence-corrected chi connectivity index (χ1v) is 8.59. The number of hydrogen-bond acceptors (Lipinski definition) is 4. The van der Waals surface area contributed by atoms with Crippen LogP contribution in [0.3, 0.4) is 0 Å². The molecule has 6 nitrogen and oxygen atoms in total. The van der Waals surface area contributed by atoms with Crippen molar-refractivity contribution in [2.24, 2.45) is 11.0 Å². The molecule has 0 aliphatic heterocycles. The molecule has 25 heavy (non-hydrogen) atoms.